The minimum atomic E-state index is -0.206. The van der Waals surface area contributed by atoms with Gasteiger partial charge in [-0.15, -0.1) is 0 Å². The van der Waals surface area contributed by atoms with Gasteiger partial charge in [-0.2, -0.15) is 0 Å². The van der Waals surface area contributed by atoms with Crippen molar-refractivity contribution in [2.45, 2.75) is 6.42 Å². The summed E-state index contributed by atoms with van der Waals surface area (Å²) in [7, 11) is 0. The lowest BCUT2D eigenvalue weighted by atomic mass is 10.2. The van der Waals surface area contributed by atoms with E-state index in [4.69, 9.17) is 11.5 Å². The van der Waals surface area contributed by atoms with Gasteiger partial charge < -0.3 is 11.5 Å². The molecule has 0 radical (unpaired) electrons. The normalized spacial score (nSPS) is 9.91. The largest absolute Gasteiger partial charge is 0.369 e. The summed E-state index contributed by atoms with van der Waals surface area (Å²) in [6, 6.07) is 0. The van der Waals surface area contributed by atoms with Crippen molar-refractivity contribution >= 4 is 5.95 Å². The Balaban J connectivity index is 3.00. The zero-order valence-corrected chi connectivity index (χ0v) is 6.00. The number of rotatable bonds is 2. The maximum atomic E-state index is 11.0. The topological polar surface area (TPSA) is 97.8 Å². The van der Waals surface area contributed by atoms with Gasteiger partial charge in [-0.25, -0.2) is 4.98 Å². The van der Waals surface area contributed by atoms with Crippen LogP contribution in [0.4, 0.5) is 5.95 Å². The molecule has 1 heterocycles. The third-order valence-electron chi connectivity index (χ3n) is 1.31. The number of aromatic amines is 1. The first kappa shape index (κ1) is 7.74. The van der Waals surface area contributed by atoms with Gasteiger partial charge in [-0.05, 0) is 13.0 Å². The lowest BCUT2D eigenvalue weighted by molar-refractivity contribution is 0.925. The predicted molar refractivity (Wildman–Crippen MR) is 42.0 cm³/mol. The van der Waals surface area contributed by atoms with Crippen molar-refractivity contribution in [3.05, 3.63) is 22.1 Å². The first-order chi connectivity index (χ1) is 5.24. The maximum absolute atomic E-state index is 11.0. The third-order valence-corrected chi connectivity index (χ3v) is 1.31. The molecule has 0 fully saturated rings. The molecule has 1 aromatic rings. The summed E-state index contributed by atoms with van der Waals surface area (Å²) in [6.07, 6.45) is 1.98. The molecule has 11 heavy (non-hydrogen) atoms. The zero-order chi connectivity index (χ0) is 8.27. The molecular formula is C6H10N4O. The fraction of sp³-hybridized carbons (Fsp3) is 0.333. The van der Waals surface area contributed by atoms with Gasteiger partial charge in [0.05, 0.1) is 0 Å². The molecule has 0 bridgehead atoms. The van der Waals surface area contributed by atoms with Crippen molar-refractivity contribution in [1.29, 1.82) is 0 Å². The van der Waals surface area contributed by atoms with Gasteiger partial charge in [0.15, 0.2) is 5.95 Å². The van der Waals surface area contributed by atoms with E-state index in [1.54, 1.807) is 0 Å². The Kier molecular flexibility index (Phi) is 2.22. The number of nitrogen functional groups attached to an aromatic ring is 1. The van der Waals surface area contributed by atoms with Crippen LogP contribution in [0, 0.1) is 0 Å². The third kappa shape index (κ3) is 1.78. The van der Waals surface area contributed by atoms with E-state index in [0.29, 0.717) is 18.5 Å². The number of anilines is 1. The number of nitrogens with one attached hydrogen (secondary N) is 1. The molecule has 1 rings (SSSR count). The lowest BCUT2D eigenvalue weighted by Crippen LogP contribution is -2.18. The van der Waals surface area contributed by atoms with Gasteiger partial charge in [-0.3, -0.25) is 9.78 Å². The van der Waals surface area contributed by atoms with E-state index >= 15 is 0 Å². The van der Waals surface area contributed by atoms with E-state index in [0.717, 1.165) is 0 Å². The molecule has 5 heteroatoms. The standard InChI is InChI=1S/C6H10N4O/c7-2-1-4-3-9-6(8)10-5(4)11/h3H,1-2,7H2,(H3,8,9,10,11). The molecule has 0 aliphatic carbocycles. The highest BCUT2D eigenvalue weighted by molar-refractivity contribution is 5.17. The summed E-state index contributed by atoms with van der Waals surface area (Å²) in [4.78, 5) is 17.1. The van der Waals surface area contributed by atoms with Gasteiger partial charge >= 0.3 is 0 Å². The molecule has 0 saturated heterocycles. The number of H-pyrrole nitrogens is 1. The molecular weight excluding hydrogens is 144 g/mol. The van der Waals surface area contributed by atoms with Gasteiger partial charge in [0, 0.05) is 11.8 Å². The first-order valence-electron chi connectivity index (χ1n) is 3.28. The Morgan fingerprint density at radius 2 is 2.36 bits per heavy atom. The van der Waals surface area contributed by atoms with E-state index in [1.165, 1.54) is 6.20 Å². The monoisotopic (exact) mass is 154 g/mol. The zero-order valence-electron chi connectivity index (χ0n) is 6.00. The fourth-order valence-corrected chi connectivity index (χ4v) is 0.769. The highest BCUT2D eigenvalue weighted by Crippen LogP contribution is 1.89. The van der Waals surface area contributed by atoms with Crippen LogP contribution in [0.2, 0.25) is 0 Å². The van der Waals surface area contributed by atoms with E-state index in [2.05, 4.69) is 9.97 Å². The minimum absolute atomic E-state index is 0.135. The Labute approximate surface area is 63.4 Å². The van der Waals surface area contributed by atoms with Crippen molar-refractivity contribution in [1.82, 2.24) is 9.97 Å². The molecule has 5 N–H and O–H groups in total. The van der Waals surface area contributed by atoms with Crippen molar-refractivity contribution in [3.8, 4) is 0 Å². The van der Waals surface area contributed by atoms with Crippen LogP contribution in [-0.2, 0) is 6.42 Å². The second kappa shape index (κ2) is 3.16. The first-order valence-corrected chi connectivity index (χ1v) is 3.28. The van der Waals surface area contributed by atoms with Crippen LogP contribution < -0.4 is 17.0 Å². The Bertz CT molecular complexity index is 293. The Hall–Kier alpha value is -1.36. The summed E-state index contributed by atoms with van der Waals surface area (Å²) in [6.45, 7) is 0.439. The summed E-state index contributed by atoms with van der Waals surface area (Å²) in [5.41, 5.74) is 10.8. The molecule has 1 aromatic heterocycles. The Morgan fingerprint density at radius 3 is 2.91 bits per heavy atom. The van der Waals surface area contributed by atoms with Crippen LogP contribution in [-0.4, -0.2) is 16.5 Å². The van der Waals surface area contributed by atoms with Gasteiger partial charge in [0.1, 0.15) is 0 Å². The Morgan fingerprint density at radius 1 is 1.64 bits per heavy atom. The van der Waals surface area contributed by atoms with Crippen molar-refractivity contribution in [2.75, 3.05) is 12.3 Å². The van der Waals surface area contributed by atoms with E-state index < -0.39 is 0 Å². The average Bonchev–Trinajstić information content (AvgIpc) is 1.95. The molecule has 0 unspecified atom stereocenters. The van der Waals surface area contributed by atoms with Crippen LogP contribution in [0.5, 0.6) is 0 Å². The second-order valence-electron chi connectivity index (χ2n) is 2.16. The SMILES string of the molecule is NCCc1cnc(N)[nH]c1=O. The predicted octanol–water partition coefficient (Wildman–Crippen LogP) is -1.15. The number of hydrogen-bond donors (Lipinski definition) is 3. The summed E-state index contributed by atoms with van der Waals surface area (Å²) in [5.74, 6) is 0.135. The summed E-state index contributed by atoms with van der Waals surface area (Å²) >= 11 is 0. The molecule has 60 valence electrons. The van der Waals surface area contributed by atoms with Crippen LogP contribution in [0.3, 0.4) is 0 Å². The fourth-order valence-electron chi connectivity index (χ4n) is 0.769. The van der Waals surface area contributed by atoms with Crippen molar-refractivity contribution in [3.63, 3.8) is 0 Å². The highest BCUT2D eigenvalue weighted by Gasteiger charge is 1.97. The maximum Gasteiger partial charge on any atom is 0.255 e. The molecule has 0 saturated carbocycles. The molecule has 0 spiro atoms. The van der Waals surface area contributed by atoms with Crippen molar-refractivity contribution in [2.24, 2.45) is 5.73 Å². The summed E-state index contributed by atoms with van der Waals surface area (Å²) < 4.78 is 0. The number of nitrogens with zero attached hydrogens (tertiary/aromatic N) is 1. The van der Waals surface area contributed by atoms with E-state index in [-0.39, 0.29) is 11.5 Å². The summed E-state index contributed by atoms with van der Waals surface area (Å²) in [5, 5.41) is 0. The molecule has 0 aromatic carbocycles. The van der Waals surface area contributed by atoms with Gasteiger partial charge in [-0.1, -0.05) is 0 Å². The van der Waals surface area contributed by atoms with Crippen LogP contribution >= 0.6 is 0 Å². The molecule has 5 nitrogen and oxygen atoms in total. The van der Waals surface area contributed by atoms with Crippen molar-refractivity contribution < 1.29 is 0 Å². The minimum Gasteiger partial charge on any atom is -0.369 e. The smallest absolute Gasteiger partial charge is 0.255 e. The second-order valence-corrected chi connectivity index (χ2v) is 2.16. The lowest BCUT2D eigenvalue weighted by Gasteiger charge is -1.96. The van der Waals surface area contributed by atoms with Crippen LogP contribution in [0.15, 0.2) is 11.0 Å². The average molecular weight is 154 g/mol. The number of aromatic nitrogens is 2. The number of nitrogens with two attached hydrogens (primary N) is 2. The number of hydrogen-bond acceptors (Lipinski definition) is 4. The highest BCUT2D eigenvalue weighted by atomic mass is 16.1. The van der Waals surface area contributed by atoms with Crippen LogP contribution in [0.1, 0.15) is 5.56 Å². The van der Waals surface area contributed by atoms with E-state index in [1.807, 2.05) is 0 Å². The van der Waals surface area contributed by atoms with Gasteiger partial charge in [0.2, 0.25) is 0 Å². The van der Waals surface area contributed by atoms with Gasteiger partial charge in [0.25, 0.3) is 5.56 Å². The van der Waals surface area contributed by atoms with E-state index in [9.17, 15) is 4.79 Å². The molecule has 0 aliphatic heterocycles. The van der Waals surface area contributed by atoms with Crippen LogP contribution in [0.25, 0.3) is 0 Å². The molecule has 0 aliphatic rings. The quantitative estimate of drug-likeness (QED) is 0.501. The molecule has 0 amide bonds. The molecule has 0 atom stereocenters.